The molecule has 0 rings (SSSR count). The van der Waals surface area contributed by atoms with Crippen LogP contribution in [-0.4, -0.2) is 17.5 Å². The van der Waals surface area contributed by atoms with Crippen LogP contribution in [0.3, 0.4) is 0 Å². The van der Waals surface area contributed by atoms with Crippen LogP contribution in [0.2, 0.25) is 0 Å². The first-order valence-corrected chi connectivity index (χ1v) is 3.50. The van der Waals surface area contributed by atoms with Crippen LogP contribution in [0.4, 0.5) is 0 Å². The summed E-state index contributed by atoms with van der Waals surface area (Å²) in [4.78, 5) is 0. The molecule has 0 aromatic carbocycles. The average molecular weight is 394 g/mol. The van der Waals surface area contributed by atoms with E-state index in [1.54, 1.807) is 0 Å². The predicted molar refractivity (Wildman–Crippen MR) is 17.8 cm³/mol. The van der Waals surface area contributed by atoms with Gasteiger partial charge in [0.2, 0.25) is 0 Å². The van der Waals surface area contributed by atoms with E-state index in [1.807, 2.05) is 0 Å². The summed E-state index contributed by atoms with van der Waals surface area (Å²) in [5.41, 5.74) is 0. The molecule has 0 aliphatic rings. The summed E-state index contributed by atoms with van der Waals surface area (Å²) >= 11 is 0. The summed E-state index contributed by atoms with van der Waals surface area (Å²) in [6.45, 7) is 0. The molecule has 0 bridgehead atoms. The normalized spacial score (nSPS) is 14.8. The first-order chi connectivity index (χ1) is 2.64. The van der Waals surface area contributed by atoms with Crippen LogP contribution in [0.1, 0.15) is 0 Å². The summed E-state index contributed by atoms with van der Waals surface area (Å²) in [6, 6.07) is 0. The third-order valence-electron chi connectivity index (χ3n) is 0.111. The second kappa shape index (κ2) is 11.3. The monoisotopic (exact) mass is 394 g/mol. The standard InChI is InChI=1S/2Cs.H2O4S2/c;;1-5(2)6(3)4/h;;(H,1,2)(H,3,4)/q2*+1;/p-2. The number of rotatable bonds is 1. The summed E-state index contributed by atoms with van der Waals surface area (Å²) in [5, 5.41) is 0. The quantitative estimate of drug-likeness (QED) is 0.327. The molecule has 0 saturated carbocycles. The van der Waals surface area contributed by atoms with E-state index in [1.165, 1.54) is 0 Å². The SMILES string of the molecule is O=S([O-])S(=O)[O-].[Cs+].[Cs+]. The Bertz CT molecular complexity index is 78.0. The molecule has 0 amide bonds. The van der Waals surface area contributed by atoms with Gasteiger partial charge < -0.3 is 9.11 Å². The topological polar surface area (TPSA) is 80.3 Å². The Morgan fingerprint density at radius 3 is 1.00 bits per heavy atom. The molecule has 0 fully saturated rings. The van der Waals surface area contributed by atoms with E-state index >= 15 is 0 Å². The van der Waals surface area contributed by atoms with Crippen molar-refractivity contribution in [3.8, 4) is 0 Å². The van der Waals surface area contributed by atoms with Gasteiger partial charge in [0.1, 0.15) is 0 Å². The van der Waals surface area contributed by atoms with Gasteiger partial charge in [-0.05, 0) is 0 Å². The van der Waals surface area contributed by atoms with Crippen molar-refractivity contribution in [2.24, 2.45) is 0 Å². The van der Waals surface area contributed by atoms with E-state index in [0.717, 1.165) is 0 Å². The van der Waals surface area contributed by atoms with Gasteiger partial charge in [0.05, 0.1) is 0 Å². The summed E-state index contributed by atoms with van der Waals surface area (Å²) < 4.78 is 36.3. The Hall–Kier alpha value is 4.32. The molecule has 4 nitrogen and oxygen atoms in total. The van der Waals surface area contributed by atoms with Crippen LogP contribution in [0.15, 0.2) is 0 Å². The molecule has 0 spiro atoms. The fourth-order valence-corrected chi connectivity index (χ4v) is 0. The Morgan fingerprint density at radius 1 is 0.875 bits per heavy atom. The minimum absolute atomic E-state index is 0. The Kier molecular flexibility index (Phi) is 25.7. The minimum atomic E-state index is -2.95. The largest absolute Gasteiger partial charge is 1.00 e. The molecule has 0 N–H and O–H groups in total. The van der Waals surface area contributed by atoms with Crippen LogP contribution in [0.5, 0.6) is 0 Å². The molecule has 0 aliphatic heterocycles. The van der Waals surface area contributed by atoms with Crippen molar-refractivity contribution in [3.05, 3.63) is 0 Å². The molecule has 2 atom stereocenters. The van der Waals surface area contributed by atoms with Gasteiger partial charge >= 0.3 is 138 Å². The van der Waals surface area contributed by atoms with E-state index in [-0.39, 0.29) is 138 Å². The van der Waals surface area contributed by atoms with Crippen molar-refractivity contribution in [2.75, 3.05) is 0 Å². The van der Waals surface area contributed by atoms with Crippen molar-refractivity contribution in [3.63, 3.8) is 0 Å². The zero-order valence-electron chi connectivity index (χ0n) is 4.45. The van der Waals surface area contributed by atoms with Gasteiger partial charge in [-0.1, -0.05) is 0 Å². The van der Waals surface area contributed by atoms with E-state index in [4.69, 9.17) is 17.5 Å². The second-order valence-corrected chi connectivity index (χ2v) is 2.86. The van der Waals surface area contributed by atoms with E-state index in [2.05, 4.69) is 0 Å². The molecule has 8 heteroatoms. The van der Waals surface area contributed by atoms with Crippen molar-refractivity contribution >= 4 is 20.2 Å². The molecule has 0 aromatic rings. The van der Waals surface area contributed by atoms with Crippen LogP contribution in [0.25, 0.3) is 0 Å². The molecular formula is Cs2O4S2. The van der Waals surface area contributed by atoms with Crippen molar-refractivity contribution in [1.29, 1.82) is 0 Å². The van der Waals surface area contributed by atoms with Gasteiger partial charge in [-0.2, -0.15) is 0 Å². The Balaban J connectivity index is -0.000000125. The van der Waals surface area contributed by atoms with E-state index < -0.39 is 20.2 Å². The molecule has 2 unspecified atom stereocenters. The van der Waals surface area contributed by atoms with Gasteiger partial charge in [-0.15, -0.1) is 0 Å². The third-order valence-corrected chi connectivity index (χ3v) is 1.00. The van der Waals surface area contributed by atoms with Crippen LogP contribution < -0.4 is 138 Å². The fraction of sp³-hybridized carbons (Fsp3) is 0. The first kappa shape index (κ1) is 18.2. The van der Waals surface area contributed by atoms with Gasteiger partial charge in [0.25, 0.3) is 0 Å². The molecule has 0 aliphatic carbocycles. The third kappa shape index (κ3) is 13.0. The van der Waals surface area contributed by atoms with Crippen LogP contribution in [0, 0.1) is 0 Å². The van der Waals surface area contributed by atoms with E-state index in [0.29, 0.717) is 0 Å². The number of hydrogen-bond acceptors (Lipinski definition) is 4. The van der Waals surface area contributed by atoms with Gasteiger partial charge in [-0.3, -0.25) is 8.42 Å². The molecular weight excluding hydrogens is 394 g/mol. The van der Waals surface area contributed by atoms with Crippen molar-refractivity contribution in [1.82, 2.24) is 0 Å². The molecule has 0 saturated heterocycles. The fourth-order valence-electron chi connectivity index (χ4n) is 0. The number of hydrogen-bond donors (Lipinski definition) is 0. The minimum Gasteiger partial charge on any atom is -0.763 e. The van der Waals surface area contributed by atoms with Gasteiger partial charge in [0, 0.05) is 20.2 Å². The molecule has 8 heavy (non-hydrogen) atoms. The maximum atomic E-state index is 9.09. The van der Waals surface area contributed by atoms with Crippen molar-refractivity contribution < 1.29 is 155 Å². The zero-order chi connectivity index (χ0) is 5.15. The molecule has 38 valence electrons. The molecule has 0 aromatic heterocycles. The Morgan fingerprint density at radius 2 is 1.00 bits per heavy atom. The summed E-state index contributed by atoms with van der Waals surface area (Å²) in [7, 11) is -5.90. The smallest absolute Gasteiger partial charge is 0.763 e. The summed E-state index contributed by atoms with van der Waals surface area (Å²) in [5.74, 6) is 0. The van der Waals surface area contributed by atoms with Crippen LogP contribution >= 0.6 is 0 Å². The van der Waals surface area contributed by atoms with Crippen molar-refractivity contribution in [2.45, 2.75) is 0 Å². The zero-order valence-corrected chi connectivity index (χ0v) is 18.6. The van der Waals surface area contributed by atoms with Crippen LogP contribution in [-0.2, 0) is 20.2 Å². The molecule has 0 heterocycles. The second-order valence-electron chi connectivity index (χ2n) is 0.408. The van der Waals surface area contributed by atoms with Gasteiger partial charge in [-0.25, -0.2) is 0 Å². The average Bonchev–Trinajstić information content (AvgIpc) is 1.36. The maximum absolute atomic E-state index is 9.09. The first-order valence-electron chi connectivity index (χ1n) is 0.833. The van der Waals surface area contributed by atoms with E-state index in [9.17, 15) is 0 Å². The Labute approximate surface area is 169 Å². The maximum Gasteiger partial charge on any atom is 1.00 e. The summed E-state index contributed by atoms with van der Waals surface area (Å²) in [6.07, 6.45) is 0. The molecule has 0 radical (unpaired) electrons. The van der Waals surface area contributed by atoms with Gasteiger partial charge in [0.15, 0.2) is 0 Å². The predicted octanol–water partition coefficient (Wildman–Crippen LogP) is -7.33.